The quantitative estimate of drug-likeness (QED) is 0.697. The second-order valence-corrected chi connectivity index (χ2v) is 7.63. The molecule has 4 rings (SSSR count). The molecular weight excluding hydrogens is 366 g/mol. The molecule has 8 nitrogen and oxygen atoms in total. The number of aliphatic carboxylic acids is 1. The number of aliphatic hydroxyl groups is 1. The Balaban J connectivity index is 1.51. The topological polar surface area (TPSA) is 114 Å². The van der Waals surface area contributed by atoms with Crippen LogP contribution in [0.4, 0.5) is 5.69 Å². The summed E-state index contributed by atoms with van der Waals surface area (Å²) in [5, 5.41) is 21.7. The van der Waals surface area contributed by atoms with Gasteiger partial charge in [-0.3, -0.25) is 9.59 Å². The minimum atomic E-state index is -0.934. The Morgan fingerprint density at radius 1 is 1.21 bits per heavy atom. The summed E-state index contributed by atoms with van der Waals surface area (Å²) < 4.78 is 17.0. The molecule has 0 saturated carbocycles. The third-order valence-electron chi connectivity index (χ3n) is 5.76. The fourth-order valence-electron chi connectivity index (χ4n) is 4.37. The van der Waals surface area contributed by atoms with Gasteiger partial charge in [0.25, 0.3) is 0 Å². The summed E-state index contributed by atoms with van der Waals surface area (Å²) in [4.78, 5) is 23.6. The van der Waals surface area contributed by atoms with Gasteiger partial charge in [-0.15, -0.1) is 0 Å². The van der Waals surface area contributed by atoms with Gasteiger partial charge in [0.15, 0.2) is 0 Å². The molecule has 28 heavy (non-hydrogen) atoms. The lowest BCUT2D eigenvalue weighted by Crippen LogP contribution is -2.46. The second-order valence-electron chi connectivity index (χ2n) is 7.63. The largest absolute Gasteiger partial charge is 0.487 e. The van der Waals surface area contributed by atoms with E-state index in [1.807, 2.05) is 12.1 Å². The van der Waals surface area contributed by atoms with Gasteiger partial charge in [-0.2, -0.15) is 0 Å². The maximum Gasteiger partial charge on any atom is 0.305 e. The minimum Gasteiger partial charge on any atom is -0.487 e. The zero-order valence-corrected chi connectivity index (χ0v) is 15.5. The van der Waals surface area contributed by atoms with Crippen molar-refractivity contribution in [2.75, 3.05) is 25.1 Å². The molecule has 0 spiro atoms. The molecule has 0 aliphatic carbocycles. The summed E-state index contributed by atoms with van der Waals surface area (Å²) in [6, 6.07) is 5.51. The molecule has 1 aromatic rings. The zero-order valence-electron chi connectivity index (χ0n) is 15.5. The van der Waals surface area contributed by atoms with E-state index in [-0.39, 0.29) is 36.9 Å². The molecule has 3 N–H and O–H groups in total. The van der Waals surface area contributed by atoms with Crippen molar-refractivity contribution in [3.8, 4) is 5.75 Å². The monoisotopic (exact) mass is 391 g/mol. The maximum absolute atomic E-state index is 12.5. The van der Waals surface area contributed by atoms with Crippen LogP contribution in [0.2, 0.25) is 0 Å². The van der Waals surface area contributed by atoms with E-state index < -0.39 is 18.2 Å². The predicted molar refractivity (Wildman–Crippen MR) is 98.4 cm³/mol. The van der Waals surface area contributed by atoms with E-state index in [9.17, 15) is 14.7 Å². The van der Waals surface area contributed by atoms with Crippen molar-refractivity contribution < 1.29 is 34.0 Å². The van der Waals surface area contributed by atoms with Crippen molar-refractivity contribution in [2.24, 2.45) is 5.92 Å². The summed E-state index contributed by atoms with van der Waals surface area (Å²) in [5.74, 6) is -0.380. The molecule has 3 aliphatic heterocycles. The molecular formula is C20H25NO7. The highest BCUT2D eigenvalue weighted by molar-refractivity contribution is 5.92. The van der Waals surface area contributed by atoms with Crippen LogP contribution in [0.3, 0.4) is 0 Å². The van der Waals surface area contributed by atoms with Gasteiger partial charge >= 0.3 is 5.97 Å². The Hall–Kier alpha value is -2.16. The Labute approximate surface area is 162 Å². The lowest BCUT2D eigenvalue weighted by atomic mass is 9.84. The number of carboxylic acid groups (broad SMARTS) is 1. The van der Waals surface area contributed by atoms with Crippen LogP contribution in [0, 0.1) is 5.92 Å². The van der Waals surface area contributed by atoms with Crippen molar-refractivity contribution in [3.05, 3.63) is 23.8 Å². The first-order chi connectivity index (χ1) is 13.5. The van der Waals surface area contributed by atoms with Crippen molar-refractivity contribution in [3.63, 3.8) is 0 Å². The smallest absolute Gasteiger partial charge is 0.305 e. The molecule has 0 unspecified atom stereocenters. The highest BCUT2D eigenvalue weighted by Crippen LogP contribution is 2.47. The van der Waals surface area contributed by atoms with Gasteiger partial charge in [-0.1, -0.05) is 0 Å². The normalized spacial score (nSPS) is 29.5. The number of aliphatic hydroxyl groups excluding tert-OH is 1. The number of rotatable bonds is 5. The van der Waals surface area contributed by atoms with Gasteiger partial charge in [0, 0.05) is 36.3 Å². The summed E-state index contributed by atoms with van der Waals surface area (Å²) in [6.07, 6.45) is 0.411. The average Bonchev–Trinajstić information content (AvgIpc) is 3.05. The molecule has 0 aromatic heterocycles. The first kappa shape index (κ1) is 19.2. The molecule has 1 amide bonds. The number of hydrogen-bond donors (Lipinski definition) is 3. The van der Waals surface area contributed by atoms with E-state index in [1.54, 1.807) is 6.07 Å². The van der Waals surface area contributed by atoms with Crippen molar-refractivity contribution in [2.45, 2.75) is 49.9 Å². The zero-order chi connectivity index (χ0) is 19.7. The average molecular weight is 391 g/mol. The number of benzene rings is 1. The number of carbonyl (C=O) groups excluding carboxylic acids is 1. The fraction of sp³-hybridized carbons (Fsp3) is 0.600. The standard InChI is InChI=1S/C20H25NO7/c22-10-17-19-15(8-13(27-17)9-18(23)24)14-7-12(1-2-16(14)28-19)21-20(25)11-3-5-26-6-4-11/h1-2,7,11,13,15,17,19,22H,3-6,8-10H2,(H,21,25)(H,23,24)/t13-,15-,17+,19+/m0/s1. The maximum atomic E-state index is 12.5. The van der Waals surface area contributed by atoms with Crippen LogP contribution < -0.4 is 10.1 Å². The number of nitrogens with one attached hydrogen (secondary N) is 1. The fourth-order valence-corrected chi connectivity index (χ4v) is 4.37. The van der Waals surface area contributed by atoms with Crippen LogP contribution in [0.25, 0.3) is 0 Å². The van der Waals surface area contributed by atoms with Crippen molar-refractivity contribution in [1.82, 2.24) is 0 Å². The van der Waals surface area contributed by atoms with Crippen LogP contribution in [0.15, 0.2) is 18.2 Å². The van der Waals surface area contributed by atoms with Crippen LogP contribution in [-0.2, 0) is 19.1 Å². The van der Waals surface area contributed by atoms with Crippen LogP contribution in [-0.4, -0.2) is 60.2 Å². The first-order valence-corrected chi connectivity index (χ1v) is 9.72. The van der Waals surface area contributed by atoms with E-state index >= 15 is 0 Å². The predicted octanol–water partition coefficient (Wildman–Crippen LogP) is 1.52. The summed E-state index contributed by atoms with van der Waals surface area (Å²) >= 11 is 0. The molecule has 1 aromatic carbocycles. The third kappa shape index (κ3) is 3.85. The van der Waals surface area contributed by atoms with E-state index in [0.29, 0.717) is 31.1 Å². The Morgan fingerprint density at radius 3 is 2.71 bits per heavy atom. The molecule has 8 heteroatoms. The number of carboxylic acids is 1. The third-order valence-corrected chi connectivity index (χ3v) is 5.76. The van der Waals surface area contributed by atoms with Crippen molar-refractivity contribution in [1.29, 1.82) is 0 Å². The molecule has 3 aliphatic rings. The van der Waals surface area contributed by atoms with Gasteiger partial charge in [-0.05, 0) is 37.5 Å². The molecule has 152 valence electrons. The van der Waals surface area contributed by atoms with E-state index in [2.05, 4.69) is 5.32 Å². The summed E-state index contributed by atoms with van der Waals surface area (Å²) in [7, 11) is 0. The van der Waals surface area contributed by atoms with Gasteiger partial charge in [0.1, 0.15) is 18.0 Å². The number of ether oxygens (including phenoxy) is 3. The highest BCUT2D eigenvalue weighted by Gasteiger charge is 2.46. The lowest BCUT2D eigenvalue weighted by Gasteiger charge is -2.36. The summed E-state index contributed by atoms with van der Waals surface area (Å²) in [6.45, 7) is 0.972. The number of hydrogen-bond acceptors (Lipinski definition) is 6. The molecule has 3 heterocycles. The first-order valence-electron chi connectivity index (χ1n) is 9.72. The second kappa shape index (κ2) is 8.06. The molecule has 2 saturated heterocycles. The minimum absolute atomic E-state index is 0.0114. The van der Waals surface area contributed by atoms with Crippen molar-refractivity contribution >= 4 is 17.6 Å². The highest BCUT2D eigenvalue weighted by atomic mass is 16.6. The lowest BCUT2D eigenvalue weighted by molar-refractivity contribution is -0.153. The molecule has 2 fully saturated rings. The Bertz CT molecular complexity index is 746. The van der Waals surface area contributed by atoms with Crippen LogP contribution >= 0.6 is 0 Å². The number of carbonyl (C=O) groups is 2. The number of fused-ring (bicyclic) bond motifs is 3. The molecule has 4 atom stereocenters. The Kier molecular flexibility index (Phi) is 5.52. The van der Waals surface area contributed by atoms with Gasteiger partial charge in [-0.25, -0.2) is 0 Å². The van der Waals surface area contributed by atoms with E-state index in [1.165, 1.54) is 0 Å². The molecule has 0 bridgehead atoms. The molecule has 0 radical (unpaired) electrons. The summed E-state index contributed by atoms with van der Waals surface area (Å²) in [5.41, 5.74) is 1.62. The Morgan fingerprint density at radius 2 is 2.00 bits per heavy atom. The van der Waals surface area contributed by atoms with E-state index in [0.717, 1.165) is 18.4 Å². The number of amides is 1. The van der Waals surface area contributed by atoms with Gasteiger partial charge in [0.05, 0.1) is 19.1 Å². The SMILES string of the molecule is O=C(O)C[C@@H]1C[C@H]2c3cc(NC(=O)C4CCOCC4)ccc3O[C@H]2[C@@H](CO)O1. The van der Waals surface area contributed by atoms with Gasteiger partial charge < -0.3 is 29.7 Å². The van der Waals surface area contributed by atoms with Crippen LogP contribution in [0.1, 0.15) is 37.2 Å². The van der Waals surface area contributed by atoms with Crippen LogP contribution in [0.5, 0.6) is 5.75 Å². The van der Waals surface area contributed by atoms with Gasteiger partial charge in [0.2, 0.25) is 5.91 Å². The number of anilines is 1. The van der Waals surface area contributed by atoms with E-state index in [4.69, 9.17) is 19.3 Å².